The van der Waals surface area contributed by atoms with Crippen molar-refractivity contribution in [2.45, 2.75) is 26.8 Å². The monoisotopic (exact) mass is 283 g/mol. The Labute approximate surface area is 125 Å². The molecule has 0 saturated carbocycles. The molecule has 110 valence electrons. The topological polar surface area (TPSA) is 54.0 Å². The van der Waals surface area contributed by atoms with Crippen molar-refractivity contribution < 1.29 is 4.79 Å². The average Bonchev–Trinajstić information content (AvgIpc) is 2.50. The predicted molar refractivity (Wildman–Crippen MR) is 85.1 cm³/mol. The van der Waals surface area contributed by atoms with E-state index in [1.165, 1.54) is 11.1 Å². The van der Waals surface area contributed by atoms with Crippen molar-refractivity contribution in [3.8, 4) is 0 Å². The summed E-state index contributed by atoms with van der Waals surface area (Å²) in [5.74, 6) is 0.0459. The quantitative estimate of drug-likeness (QED) is 0.857. The van der Waals surface area contributed by atoms with Gasteiger partial charge in [0.25, 0.3) is 0 Å². The van der Waals surface area contributed by atoms with Crippen LogP contribution in [-0.2, 0) is 11.3 Å². The molecule has 0 aliphatic carbocycles. The summed E-state index contributed by atoms with van der Waals surface area (Å²) in [4.78, 5) is 15.7. The van der Waals surface area contributed by atoms with Crippen molar-refractivity contribution in [1.29, 1.82) is 0 Å². The van der Waals surface area contributed by atoms with Gasteiger partial charge in [-0.25, -0.2) is 0 Å². The molecule has 1 heterocycles. The number of aromatic nitrogens is 1. The predicted octanol–water partition coefficient (Wildman–Crippen LogP) is 2.82. The lowest BCUT2D eigenvalue weighted by Crippen LogP contribution is -2.24. The third-order valence-corrected chi connectivity index (χ3v) is 3.30. The second-order valence-corrected chi connectivity index (χ2v) is 5.13. The molecular weight excluding hydrogens is 262 g/mol. The van der Waals surface area contributed by atoms with Gasteiger partial charge in [0.2, 0.25) is 5.91 Å². The highest BCUT2D eigenvalue weighted by molar-refractivity contribution is 5.76. The van der Waals surface area contributed by atoms with Crippen LogP contribution in [0, 0.1) is 13.8 Å². The molecule has 0 spiro atoms. The van der Waals surface area contributed by atoms with E-state index in [9.17, 15) is 4.79 Å². The summed E-state index contributed by atoms with van der Waals surface area (Å²) in [5, 5.41) is 6.22. The second-order valence-electron chi connectivity index (χ2n) is 5.13. The lowest BCUT2D eigenvalue weighted by molar-refractivity contribution is -0.121. The summed E-state index contributed by atoms with van der Waals surface area (Å²) >= 11 is 0. The van der Waals surface area contributed by atoms with E-state index >= 15 is 0 Å². The number of rotatable bonds is 6. The molecule has 1 amide bonds. The SMILES string of the molecule is Cc1ccc(C)c(NCCC(=O)NCc2ccncc2)c1. The number of aryl methyl sites for hydroxylation is 2. The molecule has 2 N–H and O–H groups in total. The fourth-order valence-corrected chi connectivity index (χ4v) is 2.03. The van der Waals surface area contributed by atoms with Crippen molar-refractivity contribution in [2.24, 2.45) is 0 Å². The molecule has 4 heteroatoms. The Morgan fingerprint density at radius 1 is 1.14 bits per heavy atom. The van der Waals surface area contributed by atoms with Crippen LogP contribution in [0.1, 0.15) is 23.1 Å². The summed E-state index contributed by atoms with van der Waals surface area (Å²) in [6, 6.07) is 10.1. The number of hydrogen-bond donors (Lipinski definition) is 2. The number of carbonyl (C=O) groups excluding carboxylic acids is 1. The van der Waals surface area contributed by atoms with Crippen LogP contribution in [0.4, 0.5) is 5.69 Å². The van der Waals surface area contributed by atoms with Gasteiger partial charge in [0.1, 0.15) is 0 Å². The molecular formula is C17H21N3O. The lowest BCUT2D eigenvalue weighted by atomic mass is 10.1. The highest BCUT2D eigenvalue weighted by Gasteiger charge is 2.02. The van der Waals surface area contributed by atoms with Crippen molar-refractivity contribution in [3.63, 3.8) is 0 Å². The zero-order chi connectivity index (χ0) is 15.1. The van der Waals surface area contributed by atoms with E-state index in [1.807, 2.05) is 12.1 Å². The molecule has 0 atom stereocenters. The fraction of sp³-hybridized carbons (Fsp3) is 0.294. The summed E-state index contributed by atoms with van der Waals surface area (Å²) < 4.78 is 0. The highest BCUT2D eigenvalue weighted by atomic mass is 16.1. The van der Waals surface area contributed by atoms with Crippen molar-refractivity contribution >= 4 is 11.6 Å². The third kappa shape index (κ3) is 4.91. The summed E-state index contributed by atoms with van der Waals surface area (Å²) in [6.45, 7) is 5.30. The van der Waals surface area contributed by atoms with Gasteiger partial charge in [-0.3, -0.25) is 9.78 Å². The zero-order valence-electron chi connectivity index (χ0n) is 12.5. The van der Waals surface area contributed by atoms with Crippen LogP contribution >= 0.6 is 0 Å². The number of nitrogens with one attached hydrogen (secondary N) is 2. The van der Waals surface area contributed by atoms with E-state index in [-0.39, 0.29) is 5.91 Å². The maximum atomic E-state index is 11.8. The highest BCUT2D eigenvalue weighted by Crippen LogP contribution is 2.15. The first-order valence-electron chi connectivity index (χ1n) is 7.12. The average molecular weight is 283 g/mol. The van der Waals surface area contributed by atoms with Crippen LogP contribution in [-0.4, -0.2) is 17.4 Å². The van der Waals surface area contributed by atoms with Crippen LogP contribution < -0.4 is 10.6 Å². The van der Waals surface area contributed by atoms with Crippen molar-refractivity contribution in [3.05, 3.63) is 59.4 Å². The van der Waals surface area contributed by atoms with Gasteiger partial charge in [0.15, 0.2) is 0 Å². The van der Waals surface area contributed by atoms with E-state index < -0.39 is 0 Å². The van der Waals surface area contributed by atoms with Crippen LogP contribution in [0.2, 0.25) is 0 Å². The number of anilines is 1. The molecule has 0 fully saturated rings. The van der Waals surface area contributed by atoms with Gasteiger partial charge in [-0.2, -0.15) is 0 Å². The lowest BCUT2D eigenvalue weighted by Gasteiger charge is -2.10. The molecule has 2 rings (SSSR count). The maximum Gasteiger partial charge on any atom is 0.222 e. The molecule has 21 heavy (non-hydrogen) atoms. The fourth-order valence-electron chi connectivity index (χ4n) is 2.03. The van der Waals surface area contributed by atoms with Crippen LogP contribution in [0.25, 0.3) is 0 Å². The van der Waals surface area contributed by atoms with Crippen molar-refractivity contribution in [2.75, 3.05) is 11.9 Å². The number of benzene rings is 1. The van der Waals surface area contributed by atoms with E-state index in [1.54, 1.807) is 12.4 Å². The number of carbonyl (C=O) groups is 1. The molecule has 1 aromatic carbocycles. The van der Waals surface area contributed by atoms with Gasteiger partial charge in [-0.15, -0.1) is 0 Å². The van der Waals surface area contributed by atoms with E-state index in [0.717, 1.165) is 11.3 Å². The summed E-state index contributed by atoms with van der Waals surface area (Å²) in [6.07, 6.45) is 3.91. The summed E-state index contributed by atoms with van der Waals surface area (Å²) in [5.41, 5.74) is 4.56. The zero-order valence-corrected chi connectivity index (χ0v) is 12.5. The van der Waals surface area contributed by atoms with Crippen molar-refractivity contribution in [1.82, 2.24) is 10.3 Å². The molecule has 1 aromatic heterocycles. The Balaban J connectivity index is 1.73. The first-order chi connectivity index (χ1) is 10.1. The van der Waals surface area contributed by atoms with Crippen LogP contribution in [0.15, 0.2) is 42.7 Å². The Bertz CT molecular complexity index is 596. The number of pyridine rings is 1. The van der Waals surface area contributed by atoms with Gasteiger partial charge in [0, 0.05) is 37.6 Å². The summed E-state index contributed by atoms with van der Waals surface area (Å²) in [7, 11) is 0. The van der Waals surface area contributed by atoms with Gasteiger partial charge in [0.05, 0.1) is 0 Å². The first-order valence-corrected chi connectivity index (χ1v) is 7.12. The normalized spacial score (nSPS) is 10.2. The van der Waals surface area contributed by atoms with E-state index in [0.29, 0.717) is 19.5 Å². The maximum absolute atomic E-state index is 11.8. The van der Waals surface area contributed by atoms with Gasteiger partial charge < -0.3 is 10.6 Å². The smallest absolute Gasteiger partial charge is 0.222 e. The van der Waals surface area contributed by atoms with Crippen LogP contribution in [0.5, 0.6) is 0 Å². The minimum atomic E-state index is 0.0459. The van der Waals surface area contributed by atoms with Crippen LogP contribution in [0.3, 0.4) is 0 Å². The van der Waals surface area contributed by atoms with Gasteiger partial charge >= 0.3 is 0 Å². The Hall–Kier alpha value is -2.36. The third-order valence-electron chi connectivity index (χ3n) is 3.30. The molecule has 0 radical (unpaired) electrons. The Kier molecular flexibility index (Phi) is 5.32. The Morgan fingerprint density at radius 2 is 1.90 bits per heavy atom. The molecule has 0 bridgehead atoms. The van der Waals surface area contributed by atoms with Gasteiger partial charge in [-0.05, 0) is 48.7 Å². The molecule has 4 nitrogen and oxygen atoms in total. The van der Waals surface area contributed by atoms with E-state index in [2.05, 4.69) is 47.7 Å². The van der Waals surface area contributed by atoms with Gasteiger partial charge in [-0.1, -0.05) is 12.1 Å². The largest absolute Gasteiger partial charge is 0.384 e. The number of hydrogen-bond acceptors (Lipinski definition) is 3. The minimum absolute atomic E-state index is 0.0459. The second kappa shape index (κ2) is 7.43. The number of nitrogens with zero attached hydrogens (tertiary/aromatic N) is 1. The molecule has 0 aliphatic heterocycles. The molecule has 0 saturated heterocycles. The molecule has 0 unspecified atom stereocenters. The Morgan fingerprint density at radius 3 is 2.67 bits per heavy atom. The molecule has 2 aromatic rings. The first kappa shape index (κ1) is 15.0. The standard InChI is InChI=1S/C17H21N3O/c1-13-3-4-14(2)16(11-13)19-10-7-17(21)20-12-15-5-8-18-9-6-15/h3-6,8-9,11,19H,7,10,12H2,1-2H3,(H,20,21). The number of amides is 1. The minimum Gasteiger partial charge on any atom is -0.384 e. The molecule has 0 aliphatic rings. The van der Waals surface area contributed by atoms with E-state index in [4.69, 9.17) is 0 Å².